The van der Waals surface area contributed by atoms with Crippen LogP contribution < -0.4 is 10.6 Å². The molecule has 0 saturated carbocycles. The van der Waals surface area contributed by atoms with E-state index in [1.165, 1.54) is 0 Å². The Labute approximate surface area is 118 Å². The molecule has 1 amide bonds. The summed E-state index contributed by atoms with van der Waals surface area (Å²) in [6, 6.07) is 3.43. The number of anilines is 1. The van der Waals surface area contributed by atoms with Gasteiger partial charge in [0.2, 0.25) is 0 Å². The maximum atomic E-state index is 12.1. The molecule has 2 aromatic heterocycles. The Bertz CT molecular complexity index is 535. The van der Waals surface area contributed by atoms with Crippen molar-refractivity contribution in [3.63, 3.8) is 0 Å². The standard InChI is InChI=1S/C14H19N5O/c1-3-11(13-16-7-8-17-13)19-14(20)12-6-5-10(9-18-12)15-4-2/h5-9,11,15H,3-4H2,1-2H3,(H,16,17)(H,19,20). The van der Waals surface area contributed by atoms with Gasteiger partial charge in [0, 0.05) is 18.9 Å². The lowest BCUT2D eigenvalue weighted by Crippen LogP contribution is -2.29. The van der Waals surface area contributed by atoms with Crippen molar-refractivity contribution in [3.8, 4) is 0 Å². The van der Waals surface area contributed by atoms with E-state index in [1.807, 2.05) is 19.9 Å². The predicted octanol–water partition coefficient (Wildman–Crippen LogP) is 2.12. The van der Waals surface area contributed by atoms with Crippen molar-refractivity contribution in [2.75, 3.05) is 11.9 Å². The fourth-order valence-electron chi connectivity index (χ4n) is 1.90. The third-order valence-electron chi connectivity index (χ3n) is 2.94. The van der Waals surface area contributed by atoms with Gasteiger partial charge in [0.05, 0.1) is 17.9 Å². The first-order valence-corrected chi connectivity index (χ1v) is 6.74. The van der Waals surface area contributed by atoms with Crippen LogP contribution in [0.4, 0.5) is 5.69 Å². The number of hydrogen-bond donors (Lipinski definition) is 3. The van der Waals surface area contributed by atoms with E-state index in [2.05, 4.69) is 25.6 Å². The second kappa shape index (κ2) is 6.70. The first kappa shape index (κ1) is 14.0. The summed E-state index contributed by atoms with van der Waals surface area (Å²) in [5.74, 6) is 0.557. The summed E-state index contributed by atoms with van der Waals surface area (Å²) in [7, 11) is 0. The van der Waals surface area contributed by atoms with Crippen molar-refractivity contribution < 1.29 is 4.79 Å². The molecule has 6 heteroatoms. The summed E-state index contributed by atoms with van der Waals surface area (Å²) in [4.78, 5) is 23.5. The summed E-state index contributed by atoms with van der Waals surface area (Å²) in [5, 5.41) is 6.06. The average molecular weight is 273 g/mol. The molecular weight excluding hydrogens is 254 g/mol. The van der Waals surface area contributed by atoms with Crippen LogP contribution in [0.2, 0.25) is 0 Å². The first-order valence-electron chi connectivity index (χ1n) is 6.74. The van der Waals surface area contributed by atoms with E-state index in [0.29, 0.717) is 5.69 Å². The SMILES string of the molecule is CCNc1ccc(C(=O)NC(CC)c2ncc[nH]2)nc1. The molecule has 3 N–H and O–H groups in total. The molecule has 2 rings (SSSR count). The quantitative estimate of drug-likeness (QED) is 0.753. The van der Waals surface area contributed by atoms with Crippen molar-refractivity contribution in [3.05, 3.63) is 42.2 Å². The normalized spacial score (nSPS) is 11.9. The number of hydrogen-bond acceptors (Lipinski definition) is 4. The minimum atomic E-state index is -0.198. The fraction of sp³-hybridized carbons (Fsp3) is 0.357. The number of imidazole rings is 1. The molecule has 0 saturated heterocycles. The fourth-order valence-corrected chi connectivity index (χ4v) is 1.90. The molecular formula is C14H19N5O. The van der Waals surface area contributed by atoms with Crippen LogP contribution in [0, 0.1) is 0 Å². The Hall–Kier alpha value is -2.37. The van der Waals surface area contributed by atoms with Crippen molar-refractivity contribution in [1.29, 1.82) is 0 Å². The number of carbonyl (C=O) groups is 1. The van der Waals surface area contributed by atoms with Gasteiger partial charge >= 0.3 is 0 Å². The zero-order chi connectivity index (χ0) is 14.4. The van der Waals surface area contributed by atoms with Crippen LogP contribution in [0.3, 0.4) is 0 Å². The molecule has 106 valence electrons. The van der Waals surface area contributed by atoms with Crippen LogP contribution in [-0.4, -0.2) is 27.4 Å². The van der Waals surface area contributed by atoms with Crippen LogP contribution >= 0.6 is 0 Å². The van der Waals surface area contributed by atoms with E-state index < -0.39 is 0 Å². The highest BCUT2D eigenvalue weighted by Gasteiger charge is 2.16. The lowest BCUT2D eigenvalue weighted by molar-refractivity contribution is 0.0929. The smallest absolute Gasteiger partial charge is 0.270 e. The van der Waals surface area contributed by atoms with E-state index in [9.17, 15) is 4.79 Å². The third-order valence-corrected chi connectivity index (χ3v) is 2.94. The zero-order valence-electron chi connectivity index (χ0n) is 11.7. The summed E-state index contributed by atoms with van der Waals surface area (Å²) >= 11 is 0. The Morgan fingerprint density at radius 1 is 1.35 bits per heavy atom. The van der Waals surface area contributed by atoms with Crippen LogP contribution in [0.15, 0.2) is 30.7 Å². The number of amides is 1. The number of nitrogens with zero attached hydrogens (tertiary/aromatic N) is 2. The van der Waals surface area contributed by atoms with E-state index in [-0.39, 0.29) is 11.9 Å². The van der Waals surface area contributed by atoms with E-state index >= 15 is 0 Å². The van der Waals surface area contributed by atoms with Gasteiger partial charge in [-0.3, -0.25) is 4.79 Å². The highest BCUT2D eigenvalue weighted by molar-refractivity contribution is 5.92. The van der Waals surface area contributed by atoms with Gasteiger partial charge in [-0.25, -0.2) is 9.97 Å². The van der Waals surface area contributed by atoms with Gasteiger partial charge in [0.25, 0.3) is 5.91 Å². The van der Waals surface area contributed by atoms with Crippen molar-refractivity contribution in [1.82, 2.24) is 20.3 Å². The molecule has 0 aliphatic heterocycles. The van der Waals surface area contributed by atoms with Gasteiger partial charge in [-0.05, 0) is 25.5 Å². The van der Waals surface area contributed by atoms with Crippen LogP contribution in [-0.2, 0) is 0 Å². The number of rotatable bonds is 6. The lowest BCUT2D eigenvalue weighted by Gasteiger charge is -2.14. The molecule has 2 heterocycles. The molecule has 20 heavy (non-hydrogen) atoms. The number of aromatic nitrogens is 3. The predicted molar refractivity (Wildman–Crippen MR) is 77.5 cm³/mol. The van der Waals surface area contributed by atoms with Gasteiger partial charge in [-0.2, -0.15) is 0 Å². The first-order chi connectivity index (χ1) is 9.74. The molecule has 0 aliphatic carbocycles. The number of pyridine rings is 1. The molecule has 0 bridgehead atoms. The maximum absolute atomic E-state index is 12.1. The zero-order valence-corrected chi connectivity index (χ0v) is 11.7. The van der Waals surface area contributed by atoms with E-state index in [4.69, 9.17) is 0 Å². The molecule has 0 spiro atoms. The molecule has 1 unspecified atom stereocenters. The second-order valence-electron chi connectivity index (χ2n) is 4.37. The van der Waals surface area contributed by atoms with Crippen molar-refractivity contribution >= 4 is 11.6 Å². The number of H-pyrrole nitrogens is 1. The highest BCUT2D eigenvalue weighted by Crippen LogP contribution is 2.13. The molecule has 1 atom stereocenters. The topological polar surface area (TPSA) is 82.7 Å². The summed E-state index contributed by atoms with van der Waals surface area (Å²) < 4.78 is 0. The van der Waals surface area contributed by atoms with E-state index in [1.54, 1.807) is 24.7 Å². The Balaban J connectivity index is 2.03. The van der Waals surface area contributed by atoms with Gasteiger partial charge < -0.3 is 15.6 Å². The maximum Gasteiger partial charge on any atom is 0.270 e. The second-order valence-corrected chi connectivity index (χ2v) is 4.37. The van der Waals surface area contributed by atoms with Gasteiger partial charge in [0.1, 0.15) is 11.5 Å². The summed E-state index contributed by atoms with van der Waals surface area (Å²) in [6.07, 6.45) is 5.84. The summed E-state index contributed by atoms with van der Waals surface area (Å²) in [6.45, 7) is 4.83. The van der Waals surface area contributed by atoms with Crippen LogP contribution in [0.1, 0.15) is 42.6 Å². The van der Waals surface area contributed by atoms with Gasteiger partial charge in [-0.1, -0.05) is 6.92 Å². The Morgan fingerprint density at radius 3 is 2.75 bits per heavy atom. The number of nitrogens with one attached hydrogen (secondary N) is 3. The average Bonchev–Trinajstić information content (AvgIpc) is 2.99. The molecule has 6 nitrogen and oxygen atoms in total. The Kier molecular flexibility index (Phi) is 4.70. The van der Waals surface area contributed by atoms with Gasteiger partial charge in [0.15, 0.2) is 0 Å². The Morgan fingerprint density at radius 2 is 2.20 bits per heavy atom. The lowest BCUT2D eigenvalue weighted by atomic mass is 10.2. The van der Waals surface area contributed by atoms with Crippen LogP contribution in [0.5, 0.6) is 0 Å². The van der Waals surface area contributed by atoms with E-state index in [0.717, 1.165) is 24.5 Å². The molecule has 0 fully saturated rings. The largest absolute Gasteiger partial charge is 0.384 e. The number of carbonyl (C=O) groups excluding carboxylic acids is 1. The minimum absolute atomic E-state index is 0.132. The molecule has 2 aromatic rings. The van der Waals surface area contributed by atoms with Crippen molar-refractivity contribution in [2.24, 2.45) is 0 Å². The third kappa shape index (κ3) is 3.34. The van der Waals surface area contributed by atoms with Crippen LogP contribution in [0.25, 0.3) is 0 Å². The van der Waals surface area contributed by atoms with Crippen molar-refractivity contribution in [2.45, 2.75) is 26.3 Å². The highest BCUT2D eigenvalue weighted by atomic mass is 16.1. The molecule has 0 aliphatic rings. The molecule has 0 radical (unpaired) electrons. The number of aromatic amines is 1. The monoisotopic (exact) mass is 273 g/mol. The van der Waals surface area contributed by atoms with Gasteiger partial charge in [-0.15, -0.1) is 0 Å². The summed E-state index contributed by atoms with van der Waals surface area (Å²) in [5.41, 5.74) is 1.30. The minimum Gasteiger partial charge on any atom is -0.384 e. The molecule has 0 aromatic carbocycles.